The van der Waals surface area contributed by atoms with Crippen molar-refractivity contribution in [3.05, 3.63) is 41.8 Å². The number of carbonyl (C=O) groups excluding carboxylic acids is 1. The second kappa shape index (κ2) is 7.62. The van der Waals surface area contributed by atoms with Gasteiger partial charge in [0.05, 0.1) is 12.1 Å². The first-order valence-corrected chi connectivity index (χ1v) is 8.70. The summed E-state index contributed by atoms with van der Waals surface area (Å²) in [6.07, 6.45) is 2.85. The van der Waals surface area contributed by atoms with Gasteiger partial charge in [-0.15, -0.1) is 0 Å². The zero-order valence-electron chi connectivity index (χ0n) is 14.4. The molecule has 5 heteroatoms. The lowest BCUT2D eigenvalue weighted by Gasteiger charge is -2.19. The van der Waals surface area contributed by atoms with Crippen molar-refractivity contribution < 1.29 is 9.21 Å². The topological polar surface area (TPSA) is 58.4 Å². The van der Waals surface area contributed by atoms with Crippen LogP contribution in [-0.2, 0) is 11.2 Å². The molecule has 5 nitrogen and oxygen atoms in total. The normalized spacial score (nSPS) is 14.1. The van der Waals surface area contributed by atoms with Crippen molar-refractivity contribution in [3.8, 4) is 11.5 Å². The molecule has 1 aromatic heterocycles. The molecule has 1 N–H and O–H groups in total. The molecule has 1 fully saturated rings. The number of aryl methyl sites for hydroxylation is 1. The minimum Gasteiger partial charge on any atom is -0.441 e. The largest absolute Gasteiger partial charge is 0.441 e. The lowest BCUT2D eigenvalue weighted by atomic mass is 10.2. The van der Waals surface area contributed by atoms with Gasteiger partial charge in [-0.1, -0.05) is 25.1 Å². The van der Waals surface area contributed by atoms with E-state index in [1.807, 2.05) is 37.3 Å². The van der Waals surface area contributed by atoms with Crippen LogP contribution in [0.15, 0.2) is 34.7 Å². The summed E-state index contributed by atoms with van der Waals surface area (Å²) < 4.78 is 5.70. The van der Waals surface area contributed by atoms with Crippen molar-refractivity contribution in [2.24, 2.45) is 0 Å². The van der Waals surface area contributed by atoms with Gasteiger partial charge >= 0.3 is 0 Å². The van der Waals surface area contributed by atoms with Crippen LogP contribution in [0.3, 0.4) is 0 Å². The van der Waals surface area contributed by atoms with Gasteiger partial charge in [0.15, 0.2) is 0 Å². The van der Waals surface area contributed by atoms with Crippen LogP contribution in [0.2, 0.25) is 0 Å². The van der Waals surface area contributed by atoms with E-state index < -0.39 is 0 Å². The number of nitrogens with one attached hydrogen (secondary N) is 1. The first-order valence-electron chi connectivity index (χ1n) is 8.70. The van der Waals surface area contributed by atoms with Gasteiger partial charge in [0.25, 0.3) is 0 Å². The molecule has 1 aliphatic carbocycles. The molecule has 0 saturated heterocycles. The number of benzene rings is 1. The Bertz CT molecular complexity index is 677. The van der Waals surface area contributed by atoms with Crippen LogP contribution in [0.5, 0.6) is 0 Å². The van der Waals surface area contributed by atoms with Crippen molar-refractivity contribution >= 4 is 5.91 Å². The molecule has 0 atom stereocenters. The third-order valence-corrected chi connectivity index (χ3v) is 4.43. The van der Waals surface area contributed by atoms with Gasteiger partial charge in [-0.2, -0.15) is 0 Å². The number of hydrogen-bond donors (Lipinski definition) is 1. The van der Waals surface area contributed by atoms with Gasteiger partial charge in [0.1, 0.15) is 5.76 Å². The van der Waals surface area contributed by atoms with Gasteiger partial charge in [0.2, 0.25) is 11.8 Å². The average molecular weight is 327 g/mol. The predicted molar refractivity (Wildman–Crippen MR) is 93.7 cm³/mol. The fourth-order valence-electron chi connectivity index (χ4n) is 2.89. The molecule has 1 aliphatic rings. The minimum atomic E-state index is -0.00198. The van der Waals surface area contributed by atoms with Crippen LogP contribution in [0.25, 0.3) is 11.5 Å². The maximum Gasteiger partial charge on any atom is 0.226 e. The van der Waals surface area contributed by atoms with Crippen LogP contribution in [0.1, 0.15) is 31.2 Å². The molecular formula is C19H25N3O2. The number of rotatable bonds is 8. The Morgan fingerprint density at radius 2 is 2.08 bits per heavy atom. The highest BCUT2D eigenvalue weighted by molar-refractivity contribution is 5.78. The van der Waals surface area contributed by atoms with Crippen molar-refractivity contribution in [3.63, 3.8) is 0 Å². The molecule has 24 heavy (non-hydrogen) atoms. The predicted octanol–water partition coefficient (Wildman–Crippen LogP) is 2.79. The first kappa shape index (κ1) is 16.7. The number of carbonyl (C=O) groups is 1. The van der Waals surface area contributed by atoms with E-state index in [2.05, 4.69) is 22.1 Å². The second-order valence-electron chi connectivity index (χ2n) is 6.27. The Balaban J connectivity index is 1.52. The van der Waals surface area contributed by atoms with Gasteiger partial charge in [-0.25, -0.2) is 4.98 Å². The Morgan fingerprint density at radius 3 is 2.75 bits per heavy atom. The summed E-state index contributed by atoms with van der Waals surface area (Å²) in [6.45, 7) is 6.67. The summed E-state index contributed by atoms with van der Waals surface area (Å²) in [5, 5.41) is 2.99. The summed E-state index contributed by atoms with van der Waals surface area (Å²) in [5.74, 6) is 1.27. The van der Waals surface area contributed by atoms with Gasteiger partial charge in [-0.05, 0) is 38.4 Å². The zero-order chi connectivity index (χ0) is 16.9. The van der Waals surface area contributed by atoms with Crippen LogP contribution in [-0.4, -0.2) is 41.5 Å². The van der Waals surface area contributed by atoms with Crippen LogP contribution in [0, 0.1) is 6.92 Å². The van der Waals surface area contributed by atoms with Gasteiger partial charge in [-0.3, -0.25) is 9.69 Å². The molecule has 0 bridgehead atoms. The van der Waals surface area contributed by atoms with E-state index in [4.69, 9.17) is 4.42 Å². The number of nitrogens with zero attached hydrogens (tertiary/aromatic N) is 2. The summed E-state index contributed by atoms with van der Waals surface area (Å²) in [6, 6.07) is 10.5. The molecule has 1 saturated carbocycles. The molecule has 1 aromatic carbocycles. The Labute approximate surface area is 143 Å². The van der Waals surface area contributed by atoms with E-state index in [0.717, 1.165) is 24.7 Å². The highest BCUT2D eigenvalue weighted by atomic mass is 16.4. The highest BCUT2D eigenvalue weighted by Crippen LogP contribution is 2.25. The van der Waals surface area contributed by atoms with E-state index in [9.17, 15) is 4.79 Å². The Kier molecular flexibility index (Phi) is 5.30. The van der Waals surface area contributed by atoms with E-state index in [1.165, 1.54) is 12.8 Å². The maximum absolute atomic E-state index is 12.2. The van der Waals surface area contributed by atoms with Crippen LogP contribution in [0.4, 0.5) is 0 Å². The minimum absolute atomic E-state index is 0.00198. The molecular weight excluding hydrogens is 302 g/mol. The number of hydrogen-bond acceptors (Lipinski definition) is 4. The van der Waals surface area contributed by atoms with Crippen molar-refractivity contribution in [1.82, 2.24) is 15.2 Å². The summed E-state index contributed by atoms with van der Waals surface area (Å²) in [5.41, 5.74) is 1.64. The molecule has 0 aliphatic heterocycles. The molecule has 1 heterocycles. The van der Waals surface area contributed by atoms with Crippen LogP contribution < -0.4 is 5.32 Å². The number of likely N-dealkylation sites (N-methyl/N-ethyl adjacent to an activating group) is 1. The highest BCUT2D eigenvalue weighted by Gasteiger charge is 2.27. The number of amides is 1. The van der Waals surface area contributed by atoms with E-state index >= 15 is 0 Å². The first-order chi connectivity index (χ1) is 11.7. The van der Waals surface area contributed by atoms with Crippen molar-refractivity contribution in [2.75, 3.05) is 19.6 Å². The SMILES string of the molecule is CCN(CCNC(=O)Cc1nc(-c2ccccc2)oc1C)C1CC1. The zero-order valence-corrected chi connectivity index (χ0v) is 14.4. The quantitative estimate of drug-likeness (QED) is 0.810. The lowest BCUT2D eigenvalue weighted by Crippen LogP contribution is -2.36. The molecule has 2 aromatic rings. The van der Waals surface area contributed by atoms with E-state index in [-0.39, 0.29) is 12.3 Å². The smallest absolute Gasteiger partial charge is 0.226 e. The molecule has 3 rings (SSSR count). The van der Waals surface area contributed by atoms with Crippen molar-refractivity contribution in [1.29, 1.82) is 0 Å². The number of oxazole rings is 1. The van der Waals surface area contributed by atoms with Gasteiger partial charge in [0, 0.05) is 24.7 Å². The fourth-order valence-corrected chi connectivity index (χ4v) is 2.89. The van der Waals surface area contributed by atoms with Crippen LogP contribution >= 0.6 is 0 Å². The number of aromatic nitrogens is 1. The Hall–Kier alpha value is -2.14. The Morgan fingerprint density at radius 1 is 1.33 bits per heavy atom. The molecule has 128 valence electrons. The third-order valence-electron chi connectivity index (χ3n) is 4.43. The molecule has 0 radical (unpaired) electrons. The fraction of sp³-hybridized carbons (Fsp3) is 0.474. The lowest BCUT2D eigenvalue weighted by molar-refractivity contribution is -0.120. The average Bonchev–Trinajstić information content (AvgIpc) is 3.37. The standard InChI is InChI=1S/C19H25N3O2/c1-3-22(16-9-10-16)12-11-20-18(23)13-17-14(2)24-19(21-17)15-7-5-4-6-8-15/h4-8,16H,3,9-13H2,1-2H3,(H,20,23). The molecule has 1 amide bonds. The maximum atomic E-state index is 12.2. The van der Waals surface area contributed by atoms with Crippen molar-refractivity contribution in [2.45, 2.75) is 39.2 Å². The third kappa shape index (κ3) is 4.23. The van der Waals surface area contributed by atoms with E-state index in [1.54, 1.807) is 0 Å². The summed E-state index contributed by atoms with van der Waals surface area (Å²) >= 11 is 0. The monoisotopic (exact) mass is 327 g/mol. The molecule has 0 unspecified atom stereocenters. The van der Waals surface area contributed by atoms with E-state index in [0.29, 0.717) is 23.9 Å². The summed E-state index contributed by atoms with van der Waals surface area (Å²) in [7, 11) is 0. The summed E-state index contributed by atoms with van der Waals surface area (Å²) in [4.78, 5) is 19.1. The molecule has 0 spiro atoms. The second-order valence-corrected chi connectivity index (χ2v) is 6.27. The van der Waals surface area contributed by atoms with Gasteiger partial charge < -0.3 is 9.73 Å².